The number of alkyl halides is 1. The van der Waals surface area contributed by atoms with E-state index in [0.717, 1.165) is 23.0 Å². The first-order valence-electron chi connectivity index (χ1n) is 6.37. The molecule has 0 fully saturated rings. The van der Waals surface area contributed by atoms with Crippen molar-refractivity contribution in [2.75, 3.05) is 13.6 Å². The zero-order valence-corrected chi connectivity index (χ0v) is 12.2. The number of fused-ring (bicyclic) bond motifs is 1. The van der Waals surface area contributed by atoms with Gasteiger partial charge in [0.25, 0.3) is 5.91 Å². The number of amides is 1. The van der Waals surface area contributed by atoms with Crippen molar-refractivity contribution in [2.45, 2.75) is 25.6 Å². The molecular formula is C15H18ClNO2. The second-order valence-corrected chi connectivity index (χ2v) is 5.69. The molecule has 0 spiro atoms. The molecule has 0 radical (unpaired) electrons. The van der Waals surface area contributed by atoms with Crippen LogP contribution in [-0.2, 0) is 0 Å². The van der Waals surface area contributed by atoms with E-state index in [9.17, 15) is 4.79 Å². The highest BCUT2D eigenvalue weighted by Gasteiger charge is 2.17. The maximum atomic E-state index is 12.2. The van der Waals surface area contributed by atoms with Crippen molar-refractivity contribution in [3.05, 3.63) is 35.6 Å². The Morgan fingerprint density at radius 1 is 1.42 bits per heavy atom. The van der Waals surface area contributed by atoms with Gasteiger partial charge in [0, 0.05) is 24.4 Å². The summed E-state index contributed by atoms with van der Waals surface area (Å²) in [6.45, 7) is 4.56. The minimum Gasteiger partial charge on any atom is -0.451 e. The molecule has 0 aliphatic rings. The van der Waals surface area contributed by atoms with Crippen molar-refractivity contribution >= 4 is 28.5 Å². The van der Waals surface area contributed by atoms with E-state index < -0.39 is 0 Å². The van der Waals surface area contributed by atoms with Gasteiger partial charge in [0.05, 0.1) is 0 Å². The summed E-state index contributed by atoms with van der Waals surface area (Å²) in [4.78, 5) is 13.8. The molecule has 0 bridgehead atoms. The van der Waals surface area contributed by atoms with Crippen LogP contribution in [0.4, 0.5) is 0 Å². The lowest BCUT2D eigenvalue weighted by Crippen LogP contribution is -2.28. The minimum absolute atomic E-state index is 0.0635. The number of carbonyl (C=O) groups excluding carboxylic acids is 1. The van der Waals surface area contributed by atoms with Gasteiger partial charge in [-0.3, -0.25) is 4.79 Å². The summed E-state index contributed by atoms with van der Waals surface area (Å²) >= 11 is 5.89. The van der Waals surface area contributed by atoms with E-state index in [4.69, 9.17) is 16.0 Å². The van der Waals surface area contributed by atoms with Crippen molar-refractivity contribution in [1.29, 1.82) is 0 Å². The fourth-order valence-corrected chi connectivity index (χ4v) is 2.03. The minimum atomic E-state index is -0.105. The lowest BCUT2D eigenvalue weighted by Gasteiger charge is -2.16. The predicted molar refractivity (Wildman–Crippen MR) is 77.8 cm³/mol. The van der Waals surface area contributed by atoms with Crippen molar-refractivity contribution in [3.63, 3.8) is 0 Å². The summed E-state index contributed by atoms with van der Waals surface area (Å²) in [6, 6.07) is 7.67. The molecule has 0 N–H and O–H groups in total. The molecule has 0 saturated heterocycles. The number of rotatable bonds is 4. The van der Waals surface area contributed by atoms with Gasteiger partial charge in [-0.25, -0.2) is 0 Å². The molecule has 19 heavy (non-hydrogen) atoms. The molecule has 1 unspecified atom stereocenters. The van der Waals surface area contributed by atoms with E-state index in [-0.39, 0.29) is 11.3 Å². The van der Waals surface area contributed by atoms with Crippen LogP contribution in [0.2, 0.25) is 0 Å². The van der Waals surface area contributed by atoms with Gasteiger partial charge in [-0.05, 0) is 38.5 Å². The molecule has 102 valence electrons. The summed E-state index contributed by atoms with van der Waals surface area (Å²) in [5.74, 6) is 0.275. The molecular weight excluding hydrogens is 262 g/mol. The van der Waals surface area contributed by atoms with Crippen molar-refractivity contribution in [2.24, 2.45) is 0 Å². The quantitative estimate of drug-likeness (QED) is 0.797. The molecule has 3 nitrogen and oxygen atoms in total. The van der Waals surface area contributed by atoms with Crippen LogP contribution in [0.1, 0.15) is 29.5 Å². The largest absolute Gasteiger partial charge is 0.451 e. The number of benzene rings is 1. The average Bonchev–Trinajstić information content (AvgIpc) is 2.77. The number of hydrogen-bond donors (Lipinski definition) is 0. The number of nitrogens with zero attached hydrogens (tertiary/aromatic N) is 1. The van der Waals surface area contributed by atoms with Gasteiger partial charge in [0.15, 0.2) is 5.76 Å². The van der Waals surface area contributed by atoms with Crippen molar-refractivity contribution < 1.29 is 9.21 Å². The molecule has 1 aromatic heterocycles. The zero-order chi connectivity index (χ0) is 14.0. The highest BCUT2D eigenvalue weighted by atomic mass is 35.5. The van der Waals surface area contributed by atoms with Gasteiger partial charge < -0.3 is 9.32 Å². The van der Waals surface area contributed by atoms with E-state index >= 15 is 0 Å². The third-order valence-electron chi connectivity index (χ3n) is 3.09. The molecule has 0 saturated carbocycles. The standard InChI is InChI=1S/C15H18ClNO2/c1-10-4-5-13-12(8-10)9-14(19-13)15(18)17(3)7-6-11(2)16/h4-5,8-9,11H,6-7H2,1-3H3. The van der Waals surface area contributed by atoms with Crippen LogP contribution in [0.5, 0.6) is 0 Å². The lowest BCUT2D eigenvalue weighted by molar-refractivity contribution is 0.0764. The SMILES string of the molecule is Cc1ccc2oc(C(=O)N(C)CCC(C)Cl)cc2c1. The summed E-state index contributed by atoms with van der Waals surface area (Å²) < 4.78 is 5.59. The third kappa shape index (κ3) is 3.29. The highest BCUT2D eigenvalue weighted by Crippen LogP contribution is 2.21. The van der Waals surface area contributed by atoms with Crippen LogP contribution in [0, 0.1) is 6.92 Å². The van der Waals surface area contributed by atoms with Gasteiger partial charge >= 0.3 is 0 Å². The average molecular weight is 280 g/mol. The first-order valence-corrected chi connectivity index (χ1v) is 6.81. The lowest BCUT2D eigenvalue weighted by atomic mass is 10.2. The smallest absolute Gasteiger partial charge is 0.289 e. The number of carbonyl (C=O) groups is 1. The normalized spacial score (nSPS) is 12.6. The first-order chi connectivity index (χ1) is 8.97. The maximum absolute atomic E-state index is 12.2. The Hall–Kier alpha value is -1.48. The second kappa shape index (κ2) is 5.66. The Balaban J connectivity index is 2.16. The summed E-state index contributed by atoms with van der Waals surface area (Å²) in [7, 11) is 1.76. The van der Waals surface area contributed by atoms with Crippen LogP contribution in [0.25, 0.3) is 11.0 Å². The van der Waals surface area contributed by atoms with E-state index in [1.807, 2.05) is 32.0 Å². The van der Waals surface area contributed by atoms with Crippen molar-refractivity contribution in [1.82, 2.24) is 4.90 Å². The maximum Gasteiger partial charge on any atom is 0.289 e. The van der Waals surface area contributed by atoms with Gasteiger partial charge in [0.2, 0.25) is 0 Å². The van der Waals surface area contributed by atoms with Crippen LogP contribution in [0.15, 0.2) is 28.7 Å². The number of furan rings is 1. The first kappa shape index (κ1) is 13.9. The Bertz CT molecular complexity index is 589. The molecule has 4 heteroatoms. The summed E-state index contributed by atoms with van der Waals surface area (Å²) in [5.41, 5.74) is 1.89. The van der Waals surface area contributed by atoms with Gasteiger partial charge in [-0.1, -0.05) is 11.6 Å². The molecule has 0 aliphatic heterocycles. The Labute approximate surface area is 118 Å². The van der Waals surface area contributed by atoms with Gasteiger partial charge in [-0.15, -0.1) is 11.6 Å². The molecule has 2 aromatic rings. The zero-order valence-electron chi connectivity index (χ0n) is 11.4. The van der Waals surface area contributed by atoms with E-state index in [1.54, 1.807) is 18.0 Å². The van der Waals surface area contributed by atoms with Gasteiger partial charge in [0.1, 0.15) is 5.58 Å². The Kier molecular flexibility index (Phi) is 4.15. The summed E-state index contributed by atoms with van der Waals surface area (Å²) in [5, 5.41) is 1.02. The van der Waals surface area contributed by atoms with Crippen LogP contribution < -0.4 is 0 Å². The predicted octanol–water partition coefficient (Wildman–Crippen LogP) is 3.83. The molecule has 2 rings (SSSR count). The second-order valence-electron chi connectivity index (χ2n) is 4.95. The number of aryl methyl sites for hydroxylation is 1. The Morgan fingerprint density at radius 3 is 2.84 bits per heavy atom. The van der Waals surface area contributed by atoms with Crippen LogP contribution in [0.3, 0.4) is 0 Å². The number of halogens is 1. The molecule has 1 aromatic carbocycles. The third-order valence-corrected chi connectivity index (χ3v) is 3.31. The van der Waals surface area contributed by atoms with Gasteiger partial charge in [-0.2, -0.15) is 0 Å². The molecule has 1 amide bonds. The summed E-state index contributed by atoms with van der Waals surface area (Å²) in [6.07, 6.45) is 0.767. The fraction of sp³-hybridized carbons (Fsp3) is 0.400. The molecule has 0 aliphatic carbocycles. The van der Waals surface area contributed by atoms with E-state index in [2.05, 4.69) is 0 Å². The topological polar surface area (TPSA) is 33.5 Å². The monoisotopic (exact) mass is 279 g/mol. The molecule has 1 atom stereocenters. The fourth-order valence-electron chi connectivity index (χ4n) is 1.93. The Morgan fingerprint density at radius 2 is 2.16 bits per heavy atom. The van der Waals surface area contributed by atoms with Crippen LogP contribution in [-0.4, -0.2) is 29.8 Å². The number of hydrogen-bond acceptors (Lipinski definition) is 2. The molecule has 1 heterocycles. The highest BCUT2D eigenvalue weighted by molar-refractivity contribution is 6.20. The van der Waals surface area contributed by atoms with E-state index in [0.29, 0.717) is 12.3 Å². The van der Waals surface area contributed by atoms with E-state index in [1.165, 1.54) is 0 Å². The van der Waals surface area contributed by atoms with Crippen LogP contribution >= 0.6 is 11.6 Å². The van der Waals surface area contributed by atoms with Crippen molar-refractivity contribution in [3.8, 4) is 0 Å².